The molecule has 1 saturated heterocycles. The lowest BCUT2D eigenvalue weighted by molar-refractivity contribution is 0.102. The molecule has 0 saturated carbocycles. The minimum Gasteiger partial charge on any atom is -0.494 e. The summed E-state index contributed by atoms with van der Waals surface area (Å²) in [7, 11) is -3.73. The first-order valence-corrected chi connectivity index (χ1v) is 12.7. The molecule has 8 nitrogen and oxygen atoms in total. The molecular formula is C21H21ClN4O4S2. The van der Waals surface area contributed by atoms with E-state index in [1.807, 2.05) is 6.92 Å². The van der Waals surface area contributed by atoms with Gasteiger partial charge in [0.1, 0.15) is 10.8 Å². The molecule has 2 aromatic carbocycles. The quantitative estimate of drug-likeness (QED) is 0.525. The number of anilines is 1. The molecule has 4 rings (SSSR count). The normalized spacial score (nSPS) is 16.8. The number of ether oxygens (including phenoxy) is 1. The average molecular weight is 493 g/mol. The van der Waals surface area contributed by atoms with Gasteiger partial charge >= 0.3 is 0 Å². The van der Waals surface area contributed by atoms with Crippen molar-refractivity contribution in [2.45, 2.75) is 30.7 Å². The molecule has 1 aliphatic rings. The van der Waals surface area contributed by atoms with Crippen molar-refractivity contribution < 1.29 is 17.9 Å². The maximum Gasteiger partial charge on any atom is 0.286 e. The smallest absolute Gasteiger partial charge is 0.286 e. The topological polar surface area (TPSA) is 101 Å². The summed E-state index contributed by atoms with van der Waals surface area (Å²) in [6.07, 6.45) is 1.32. The lowest BCUT2D eigenvalue weighted by Crippen LogP contribution is -2.30. The van der Waals surface area contributed by atoms with Crippen LogP contribution in [0.4, 0.5) is 5.69 Å². The van der Waals surface area contributed by atoms with E-state index in [4.69, 9.17) is 16.3 Å². The van der Waals surface area contributed by atoms with Crippen LogP contribution < -0.4 is 10.1 Å². The highest BCUT2D eigenvalue weighted by atomic mass is 35.5. The van der Waals surface area contributed by atoms with E-state index in [2.05, 4.69) is 15.5 Å². The van der Waals surface area contributed by atoms with Crippen molar-refractivity contribution in [3.8, 4) is 5.75 Å². The molecular weight excluding hydrogens is 472 g/mol. The van der Waals surface area contributed by atoms with Crippen LogP contribution in [0.3, 0.4) is 0 Å². The van der Waals surface area contributed by atoms with E-state index in [1.54, 1.807) is 48.5 Å². The molecule has 0 spiro atoms. The van der Waals surface area contributed by atoms with E-state index in [0.29, 0.717) is 47.5 Å². The predicted octanol–water partition coefficient (Wildman–Crippen LogP) is 4.37. The fourth-order valence-electron chi connectivity index (χ4n) is 3.46. The molecule has 1 N–H and O–H groups in total. The van der Waals surface area contributed by atoms with Gasteiger partial charge in [-0.15, -0.1) is 10.2 Å². The molecule has 11 heteroatoms. The van der Waals surface area contributed by atoms with Crippen LogP contribution in [-0.2, 0) is 10.0 Å². The SMILES string of the molecule is CCOc1ccc(S(=O)(=O)N2CCC[C@@H]2c2nnc(C(=O)Nc3ccc(Cl)cc3)s2)cc1. The van der Waals surface area contributed by atoms with Crippen LogP contribution in [0.5, 0.6) is 5.75 Å². The number of carbonyl (C=O) groups is 1. The molecule has 2 heterocycles. The van der Waals surface area contributed by atoms with E-state index >= 15 is 0 Å². The maximum absolute atomic E-state index is 13.2. The van der Waals surface area contributed by atoms with Gasteiger partial charge < -0.3 is 10.1 Å². The van der Waals surface area contributed by atoms with Gasteiger partial charge in [-0.25, -0.2) is 8.42 Å². The van der Waals surface area contributed by atoms with Gasteiger partial charge in [0.2, 0.25) is 15.0 Å². The van der Waals surface area contributed by atoms with Gasteiger partial charge in [0, 0.05) is 17.3 Å². The summed E-state index contributed by atoms with van der Waals surface area (Å²) in [5, 5.41) is 12.1. The number of aromatic nitrogens is 2. The molecule has 0 radical (unpaired) electrons. The Bertz CT molecular complexity index is 1200. The third-order valence-electron chi connectivity index (χ3n) is 4.97. The van der Waals surface area contributed by atoms with Crippen molar-refractivity contribution in [3.05, 3.63) is 63.6 Å². The van der Waals surface area contributed by atoms with Gasteiger partial charge in [-0.3, -0.25) is 4.79 Å². The highest BCUT2D eigenvalue weighted by molar-refractivity contribution is 7.89. The molecule has 0 bridgehead atoms. The average Bonchev–Trinajstić information content (AvgIpc) is 3.46. The minimum atomic E-state index is -3.73. The second-order valence-electron chi connectivity index (χ2n) is 7.08. The standard InChI is InChI=1S/C21H21ClN4O4S2/c1-2-30-16-9-11-17(12-10-16)32(28,29)26-13-3-4-18(26)20-24-25-21(31-20)19(27)23-15-7-5-14(22)6-8-15/h5-12,18H,2-4,13H2,1H3,(H,23,27)/t18-/m1/s1. The summed E-state index contributed by atoms with van der Waals surface area (Å²) in [5.74, 6) is 0.208. The van der Waals surface area contributed by atoms with Crippen molar-refractivity contribution in [1.29, 1.82) is 0 Å². The summed E-state index contributed by atoms with van der Waals surface area (Å²) in [6.45, 7) is 2.75. The number of nitrogens with one attached hydrogen (secondary N) is 1. The van der Waals surface area contributed by atoms with Crippen molar-refractivity contribution in [3.63, 3.8) is 0 Å². The summed E-state index contributed by atoms with van der Waals surface area (Å²) in [6, 6.07) is 12.6. The first-order chi connectivity index (χ1) is 15.4. The Morgan fingerprint density at radius 1 is 1.19 bits per heavy atom. The zero-order chi connectivity index (χ0) is 22.7. The number of hydrogen-bond donors (Lipinski definition) is 1. The fourth-order valence-corrected chi connectivity index (χ4v) is 6.20. The molecule has 1 atom stereocenters. The first kappa shape index (κ1) is 22.7. The highest BCUT2D eigenvalue weighted by Crippen LogP contribution is 2.38. The number of rotatable bonds is 7. The Balaban J connectivity index is 1.51. The zero-order valence-corrected chi connectivity index (χ0v) is 19.6. The maximum atomic E-state index is 13.2. The minimum absolute atomic E-state index is 0.167. The number of nitrogens with zero attached hydrogens (tertiary/aromatic N) is 3. The van der Waals surface area contributed by atoms with Gasteiger partial charge in [0.25, 0.3) is 5.91 Å². The monoisotopic (exact) mass is 492 g/mol. The zero-order valence-electron chi connectivity index (χ0n) is 17.2. The van der Waals surface area contributed by atoms with Gasteiger partial charge in [0.05, 0.1) is 17.5 Å². The first-order valence-electron chi connectivity index (χ1n) is 10.0. The van der Waals surface area contributed by atoms with E-state index in [9.17, 15) is 13.2 Å². The van der Waals surface area contributed by atoms with E-state index in [1.165, 1.54) is 4.31 Å². The molecule has 0 aliphatic carbocycles. The fraction of sp³-hybridized carbons (Fsp3) is 0.286. The molecule has 0 unspecified atom stereocenters. The van der Waals surface area contributed by atoms with Crippen LogP contribution in [0, 0.1) is 0 Å². The van der Waals surface area contributed by atoms with Gasteiger partial charge in [-0.05, 0) is 68.3 Å². The number of amides is 1. The van der Waals surface area contributed by atoms with Crippen LogP contribution >= 0.6 is 22.9 Å². The molecule has 32 heavy (non-hydrogen) atoms. The van der Waals surface area contributed by atoms with Crippen molar-refractivity contribution in [1.82, 2.24) is 14.5 Å². The van der Waals surface area contributed by atoms with E-state index in [-0.39, 0.29) is 9.90 Å². The van der Waals surface area contributed by atoms with Crippen LogP contribution in [0.2, 0.25) is 5.02 Å². The van der Waals surface area contributed by atoms with Crippen molar-refractivity contribution in [2.75, 3.05) is 18.5 Å². The Morgan fingerprint density at radius 3 is 2.59 bits per heavy atom. The van der Waals surface area contributed by atoms with Crippen LogP contribution in [0.1, 0.15) is 40.6 Å². The van der Waals surface area contributed by atoms with Crippen LogP contribution in [0.25, 0.3) is 0 Å². The van der Waals surface area contributed by atoms with Gasteiger partial charge in [-0.1, -0.05) is 22.9 Å². The van der Waals surface area contributed by atoms with E-state index in [0.717, 1.165) is 11.3 Å². The van der Waals surface area contributed by atoms with Crippen LogP contribution in [0.15, 0.2) is 53.4 Å². The highest BCUT2D eigenvalue weighted by Gasteiger charge is 2.38. The second kappa shape index (κ2) is 9.53. The molecule has 168 valence electrons. The van der Waals surface area contributed by atoms with Gasteiger partial charge in [0.15, 0.2) is 0 Å². The Morgan fingerprint density at radius 2 is 1.91 bits per heavy atom. The summed E-state index contributed by atoms with van der Waals surface area (Å²) >= 11 is 6.96. The molecule has 3 aromatic rings. The lowest BCUT2D eigenvalue weighted by atomic mass is 10.2. The third-order valence-corrected chi connectivity index (χ3v) is 8.16. The lowest BCUT2D eigenvalue weighted by Gasteiger charge is -2.22. The molecule has 1 amide bonds. The summed E-state index contributed by atoms with van der Waals surface area (Å²) in [5.41, 5.74) is 0.580. The molecule has 1 aliphatic heterocycles. The number of hydrogen-bond acceptors (Lipinski definition) is 7. The summed E-state index contributed by atoms with van der Waals surface area (Å²) in [4.78, 5) is 12.7. The molecule has 1 aromatic heterocycles. The second-order valence-corrected chi connectivity index (χ2v) is 10.4. The Kier molecular flexibility index (Phi) is 6.75. The third kappa shape index (κ3) is 4.78. The predicted molar refractivity (Wildman–Crippen MR) is 123 cm³/mol. The van der Waals surface area contributed by atoms with Crippen molar-refractivity contribution >= 4 is 44.6 Å². The Labute approximate surface area is 195 Å². The molecule has 1 fully saturated rings. The Hall–Kier alpha value is -2.53. The number of carbonyl (C=O) groups excluding carboxylic acids is 1. The summed E-state index contributed by atoms with van der Waals surface area (Å²) < 4.78 is 33.3. The van der Waals surface area contributed by atoms with Crippen LogP contribution in [-0.4, -0.2) is 42.0 Å². The number of benzene rings is 2. The van der Waals surface area contributed by atoms with Crippen molar-refractivity contribution in [2.24, 2.45) is 0 Å². The van der Waals surface area contributed by atoms with E-state index < -0.39 is 22.0 Å². The number of sulfonamides is 1. The number of halogens is 1. The van der Waals surface area contributed by atoms with Gasteiger partial charge in [-0.2, -0.15) is 4.31 Å². The largest absolute Gasteiger partial charge is 0.494 e.